The van der Waals surface area contributed by atoms with Gasteiger partial charge in [-0.15, -0.1) is 0 Å². The largest absolute Gasteiger partial charge is 0.216 e. The van der Waals surface area contributed by atoms with E-state index in [0.29, 0.717) is 21.7 Å². The summed E-state index contributed by atoms with van der Waals surface area (Å²) in [5, 5.41) is 3.10. The van der Waals surface area contributed by atoms with Crippen molar-refractivity contribution >= 4 is 34.0 Å². The van der Waals surface area contributed by atoms with E-state index in [0.717, 1.165) is 10.9 Å². The average Bonchev–Trinajstić information content (AvgIpc) is 2.43. The molecule has 1 aromatic heterocycles. The highest BCUT2D eigenvalue weighted by molar-refractivity contribution is 6.34. The zero-order valence-electron chi connectivity index (χ0n) is 10.2. The lowest BCUT2D eigenvalue weighted by atomic mass is 10.1. The third-order valence-electron chi connectivity index (χ3n) is 3.03. The molecule has 0 spiro atoms. The van der Waals surface area contributed by atoms with Gasteiger partial charge in [0, 0.05) is 11.1 Å². The fraction of sp³-hybridized carbons (Fsp3) is 0.0667. The quantitative estimate of drug-likeness (QED) is 0.595. The van der Waals surface area contributed by atoms with Gasteiger partial charge in [0.2, 0.25) is 0 Å². The molecule has 2 aromatic carbocycles. The van der Waals surface area contributed by atoms with Crippen LogP contribution in [0.4, 0.5) is 0 Å². The third kappa shape index (κ3) is 2.29. The van der Waals surface area contributed by atoms with Gasteiger partial charge in [-0.2, -0.15) is 0 Å². The average molecular weight is 289 g/mol. The first-order valence-corrected chi connectivity index (χ1v) is 6.59. The Labute approximate surface area is 121 Å². The van der Waals surface area contributed by atoms with Crippen LogP contribution in [0, 0.1) is 6.92 Å². The maximum Gasteiger partial charge on any atom is 0.162 e. The minimum Gasteiger partial charge on any atom is -0.216 e. The Balaban J connectivity index is 2.19. The molecule has 2 nitrogen and oxygen atoms in total. The number of nitrogens with zero attached hydrogens (tertiary/aromatic N) is 2. The van der Waals surface area contributed by atoms with Gasteiger partial charge in [0.25, 0.3) is 0 Å². The molecule has 0 bridgehead atoms. The standard InChI is InChI=1S/C15H10Cl2N2/c1-9-13(16)18-15(19-14(9)17)12-7-6-10-4-2-3-5-11(10)8-12/h2-8H,1H3. The maximum absolute atomic E-state index is 6.05. The molecule has 3 rings (SSSR count). The maximum atomic E-state index is 6.05. The number of rotatable bonds is 1. The van der Waals surface area contributed by atoms with Crippen molar-refractivity contribution in [2.45, 2.75) is 6.92 Å². The first-order valence-electron chi connectivity index (χ1n) is 5.84. The molecule has 0 saturated carbocycles. The van der Waals surface area contributed by atoms with E-state index in [1.54, 1.807) is 6.92 Å². The predicted molar refractivity (Wildman–Crippen MR) is 79.7 cm³/mol. The van der Waals surface area contributed by atoms with Crippen LogP contribution in [0.3, 0.4) is 0 Å². The number of hydrogen-bond acceptors (Lipinski definition) is 2. The normalized spacial score (nSPS) is 10.9. The van der Waals surface area contributed by atoms with Crippen molar-refractivity contribution in [2.24, 2.45) is 0 Å². The fourth-order valence-electron chi connectivity index (χ4n) is 1.92. The van der Waals surface area contributed by atoms with Gasteiger partial charge < -0.3 is 0 Å². The number of aromatic nitrogens is 2. The summed E-state index contributed by atoms with van der Waals surface area (Å²) in [5.74, 6) is 0.548. The SMILES string of the molecule is Cc1c(Cl)nc(-c2ccc3ccccc3c2)nc1Cl. The molecule has 0 atom stereocenters. The predicted octanol–water partition coefficient (Wildman–Crippen LogP) is 4.91. The monoisotopic (exact) mass is 288 g/mol. The first-order chi connectivity index (χ1) is 9.15. The van der Waals surface area contributed by atoms with E-state index in [4.69, 9.17) is 23.2 Å². The van der Waals surface area contributed by atoms with Crippen LogP contribution in [-0.2, 0) is 0 Å². The molecule has 4 heteroatoms. The highest BCUT2D eigenvalue weighted by Gasteiger charge is 2.09. The zero-order valence-corrected chi connectivity index (χ0v) is 11.7. The highest BCUT2D eigenvalue weighted by Crippen LogP contribution is 2.26. The van der Waals surface area contributed by atoms with Crippen molar-refractivity contribution in [2.75, 3.05) is 0 Å². The second-order valence-electron chi connectivity index (χ2n) is 4.32. The molecule has 0 fully saturated rings. The summed E-state index contributed by atoms with van der Waals surface area (Å²) in [6.07, 6.45) is 0. The van der Waals surface area contributed by atoms with Crippen molar-refractivity contribution in [1.29, 1.82) is 0 Å². The Morgan fingerprint density at radius 1 is 0.842 bits per heavy atom. The molecule has 0 N–H and O–H groups in total. The van der Waals surface area contributed by atoms with E-state index < -0.39 is 0 Å². The second kappa shape index (κ2) is 4.80. The number of halogens is 2. The molecule has 0 aliphatic heterocycles. The van der Waals surface area contributed by atoms with Gasteiger partial charge in [0.15, 0.2) is 5.82 Å². The van der Waals surface area contributed by atoms with Gasteiger partial charge in [-0.1, -0.05) is 59.6 Å². The minimum atomic E-state index is 0.392. The van der Waals surface area contributed by atoms with Gasteiger partial charge >= 0.3 is 0 Å². The molecule has 1 heterocycles. The lowest BCUT2D eigenvalue weighted by Crippen LogP contribution is -1.93. The van der Waals surface area contributed by atoms with Gasteiger partial charge in [-0.05, 0) is 23.8 Å². The van der Waals surface area contributed by atoms with E-state index in [1.165, 1.54) is 5.39 Å². The summed E-state index contributed by atoms with van der Waals surface area (Å²) in [7, 11) is 0. The smallest absolute Gasteiger partial charge is 0.162 e. The van der Waals surface area contributed by atoms with E-state index in [-0.39, 0.29) is 0 Å². The van der Waals surface area contributed by atoms with Crippen LogP contribution in [0.25, 0.3) is 22.2 Å². The first kappa shape index (κ1) is 12.4. The molecule has 19 heavy (non-hydrogen) atoms. The van der Waals surface area contributed by atoms with Gasteiger partial charge in [-0.25, -0.2) is 9.97 Å². The molecule has 94 valence electrons. The fourth-order valence-corrected chi connectivity index (χ4v) is 2.31. The number of fused-ring (bicyclic) bond motifs is 1. The lowest BCUT2D eigenvalue weighted by molar-refractivity contribution is 1.14. The lowest BCUT2D eigenvalue weighted by Gasteiger charge is -2.06. The minimum absolute atomic E-state index is 0.392. The molecular formula is C15H10Cl2N2. The molecule has 0 aliphatic rings. The van der Waals surface area contributed by atoms with Gasteiger partial charge in [0.1, 0.15) is 10.3 Å². The molecule has 0 unspecified atom stereocenters. The summed E-state index contributed by atoms with van der Waals surface area (Å²) in [6.45, 7) is 1.80. The Morgan fingerprint density at radius 2 is 1.47 bits per heavy atom. The summed E-state index contributed by atoms with van der Waals surface area (Å²) in [4.78, 5) is 8.56. The van der Waals surface area contributed by atoms with Crippen molar-refractivity contribution in [3.63, 3.8) is 0 Å². The van der Waals surface area contributed by atoms with Crippen LogP contribution >= 0.6 is 23.2 Å². The van der Waals surface area contributed by atoms with Crippen molar-refractivity contribution in [3.8, 4) is 11.4 Å². The molecule has 0 saturated heterocycles. The van der Waals surface area contributed by atoms with Crippen LogP contribution in [-0.4, -0.2) is 9.97 Å². The van der Waals surface area contributed by atoms with Crippen LogP contribution in [0.15, 0.2) is 42.5 Å². The van der Waals surface area contributed by atoms with Crippen molar-refractivity contribution in [3.05, 3.63) is 58.3 Å². The van der Waals surface area contributed by atoms with E-state index in [9.17, 15) is 0 Å². The van der Waals surface area contributed by atoms with E-state index in [2.05, 4.69) is 22.1 Å². The molecule has 0 amide bonds. The third-order valence-corrected chi connectivity index (χ3v) is 3.77. The van der Waals surface area contributed by atoms with Crippen LogP contribution < -0.4 is 0 Å². The summed E-state index contributed by atoms with van der Waals surface area (Å²) >= 11 is 12.1. The van der Waals surface area contributed by atoms with Crippen LogP contribution in [0.2, 0.25) is 10.3 Å². The summed E-state index contributed by atoms with van der Waals surface area (Å²) in [5.41, 5.74) is 1.61. The summed E-state index contributed by atoms with van der Waals surface area (Å²) < 4.78 is 0. The van der Waals surface area contributed by atoms with Crippen molar-refractivity contribution in [1.82, 2.24) is 9.97 Å². The van der Waals surface area contributed by atoms with Gasteiger partial charge in [-0.3, -0.25) is 0 Å². The number of benzene rings is 2. The Bertz CT molecular complexity index is 746. The summed E-state index contributed by atoms with van der Waals surface area (Å²) in [6, 6.07) is 14.2. The van der Waals surface area contributed by atoms with E-state index >= 15 is 0 Å². The molecule has 0 radical (unpaired) electrons. The Kier molecular flexibility index (Phi) is 3.13. The second-order valence-corrected chi connectivity index (χ2v) is 5.03. The topological polar surface area (TPSA) is 25.8 Å². The van der Waals surface area contributed by atoms with Crippen molar-refractivity contribution < 1.29 is 0 Å². The van der Waals surface area contributed by atoms with E-state index in [1.807, 2.05) is 30.3 Å². The Hall–Kier alpha value is -1.64. The van der Waals surface area contributed by atoms with Crippen LogP contribution in [0.5, 0.6) is 0 Å². The van der Waals surface area contributed by atoms with Crippen LogP contribution in [0.1, 0.15) is 5.56 Å². The molecule has 0 aliphatic carbocycles. The Morgan fingerprint density at radius 3 is 2.16 bits per heavy atom. The molecule has 3 aromatic rings. The van der Waals surface area contributed by atoms with Gasteiger partial charge in [0.05, 0.1) is 0 Å². The zero-order chi connectivity index (χ0) is 13.4. The highest BCUT2D eigenvalue weighted by atomic mass is 35.5. The molecular weight excluding hydrogens is 279 g/mol. The number of hydrogen-bond donors (Lipinski definition) is 0.